The molecule has 4 aromatic rings. The van der Waals surface area contributed by atoms with Crippen LogP contribution in [0.3, 0.4) is 0 Å². The average molecular weight is 471 g/mol. The Morgan fingerprint density at radius 1 is 0.971 bits per heavy atom. The molecule has 1 saturated heterocycles. The first-order chi connectivity index (χ1) is 17.0. The van der Waals surface area contributed by atoms with Gasteiger partial charge in [-0.25, -0.2) is 9.97 Å². The van der Waals surface area contributed by atoms with Crippen LogP contribution in [0.2, 0.25) is 0 Å². The Labute approximate surface area is 205 Å². The number of likely N-dealkylation sites (tertiary alicyclic amines) is 1. The molecule has 2 N–H and O–H groups in total. The quantitative estimate of drug-likeness (QED) is 0.464. The highest BCUT2D eigenvalue weighted by Crippen LogP contribution is 2.38. The van der Waals surface area contributed by atoms with Gasteiger partial charge in [0.05, 0.1) is 49.8 Å². The number of benzene rings is 1. The second-order valence-electron chi connectivity index (χ2n) is 8.50. The Hall–Kier alpha value is -4.09. The van der Waals surface area contributed by atoms with Crippen LogP contribution in [0.1, 0.15) is 24.8 Å². The predicted octanol–water partition coefficient (Wildman–Crippen LogP) is 4.64. The smallest absolute Gasteiger partial charge is 0.236 e. The molecule has 8 nitrogen and oxygen atoms in total. The average Bonchev–Trinajstić information content (AvgIpc) is 3.38. The minimum atomic E-state index is 0.374. The second kappa shape index (κ2) is 10.9. The van der Waals surface area contributed by atoms with Crippen LogP contribution in [-0.4, -0.2) is 53.6 Å². The first kappa shape index (κ1) is 24.0. The van der Waals surface area contributed by atoms with Gasteiger partial charge in [0.25, 0.3) is 0 Å². The summed E-state index contributed by atoms with van der Waals surface area (Å²) < 4.78 is 12.7. The highest BCUT2D eigenvalue weighted by atomic mass is 16.5. The third kappa shape index (κ3) is 5.20. The molecule has 180 valence electrons. The van der Waals surface area contributed by atoms with E-state index in [9.17, 15) is 0 Å². The number of nitriles is 1. The Morgan fingerprint density at radius 3 is 2.29 bits per heavy atom. The van der Waals surface area contributed by atoms with Crippen molar-refractivity contribution in [3.63, 3.8) is 0 Å². The van der Waals surface area contributed by atoms with E-state index >= 15 is 0 Å². The van der Waals surface area contributed by atoms with E-state index in [0.29, 0.717) is 22.9 Å². The fourth-order valence-corrected chi connectivity index (χ4v) is 4.28. The Balaban J connectivity index is 0.000000356. The van der Waals surface area contributed by atoms with Gasteiger partial charge in [-0.3, -0.25) is 4.40 Å². The maximum atomic E-state index is 9.09. The lowest BCUT2D eigenvalue weighted by atomic mass is 9.98. The Morgan fingerprint density at radius 2 is 1.71 bits per heavy atom. The highest BCUT2D eigenvalue weighted by molar-refractivity contribution is 5.87. The summed E-state index contributed by atoms with van der Waals surface area (Å²) in [7, 11) is 5.35. The van der Waals surface area contributed by atoms with E-state index < -0.39 is 0 Å². The molecular formula is C27H30N6O2. The molecule has 1 aromatic carbocycles. The lowest BCUT2D eigenvalue weighted by Crippen LogP contribution is -2.24. The Bertz CT molecular complexity index is 1330. The van der Waals surface area contributed by atoms with Crippen LogP contribution in [0.25, 0.3) is 27.9 Å². The lowest BCUT2D eigenvalue weighted by Gasteiger charge is -2.20. The number of imidazole rings is 1. The van der Waals surface area contributed by atoms with Gasteiger partial charge in [-0.2, -0.15) is 5.26 Å². The summed E-state index contributed by atoms with van der Waals surface area (Å²) in [6, 6.07) is 13.3. The monoisotopic (exact) mass is 470 g/mol. The van der Waals surface area contributed by atoms with Crippen molar-refractivity contribution in [2.24, 2.45) is 0 Å². The number of methoxy groups -OCH3 is 2. The number of nitrogen functional groups attached to an aromatic ring is 1. The third-order valence-corrected chi connectivity index (χ3v) is 6.13. The van der Waals surface area contributed by atoms with Gasteiger partial charge in [-0.1, -0.05) is 18.6 Å². The molecule has 3 aromatic heterocycles. The number of anilines is 1. The summed E-state index contributed by atoms with van der Waals surface area (Å²) in [4.78, 5) is 11.0. The van der Waals surface area contributed by atoms with Gasteiger partial charge in [0.15, 0.2) is 0 Å². The number of hydrogen-bond donors (Lipinski definition) is 1. The zero-order valence-corrected chi connectivity index (χ0v) is 20.4. The van der Waals surface area contributed by atoms with E-state index in [4.69, 9.17) is 20.5 Å². The van der Waals surface area contributed by atoms with E-state index in [1.54, 1.807) is 38.0 Å². The minimum absolute atomic E-state index is 0.374. The molecule has 1 fully saturated rings. The highest BCUT2D eigenvalue weighted by Gasteiger charge is 2.18. The van der Waals surface area contributed by atoms with Crippen LogP contribution in [0.5, 0.6) is 11.6 Å². The van der Waals surface area contributed by atoms with E-state index in [1.807, 2.05) is 28.7 Å². The van der Waals surface area contributed by atoms with E-state index in [1.165, 1.54) is 39.5 Å². The van der Waals surface area contributed by atoms with Crippen LogP contribution in [0.15, 0.2) is 55.1 Å². The molecular weight excluding hydrogens is 440 g/mol. The fraction of sp³-hybridized carbons (Fsp3) is 0.296. The van der Waals surface area contributed by atoms with Gasteiger partial charge in [0.2, 0.25) is 5.88 Å². The first-order valence-corrected chi connectivity index (χ1v) is 11.6. The van der Waals surface area contributed by atoms with Gasteiger partial charge < -0.3 is 20.1 Å². The molecule has 0 radical (unpaired) electrons. The molecule has 0 unspecified atom stereocenters. The van der Waals surface area contributed by atoms with Crippen LogP contribution in [0, 0.1) is 11.3 Å². The van der Waals surface area contributed by atoms with E-state index in [0.717, 1.165) is 27.9 Å². The lowest BCUT2D eigenvalue weighted by molar-refractivity contribution is 0.277. The summed E-state index contributed by atoms with van der Waals surface area (Å²) in [5.74, 6) is 1.06. The van der Waals surface area contributed by atoms with Crippen molar-refractivity contribution in [1.29, 1.82) is 5.26 Å². The van der Waals surface area contributed by atoms with Gasteiger partial charge in [-0.05, 0) is 62.8 Å². The molecule has 8 heteroatoms. The zero-order valence-electron chi connectivity index (χ0n) is 20.4. The number of ether oxygens (including phenoxy) is 2. The van der Waals surface area contributed by atoms with Crippen molar-refractivity contribution in [3.05, 3.63) is 60.7 Å². The summed E-state index contributed by atoms with van der Waals surface area (Å²) in [6.07, 6.45) is 9.45. The number of rotatable bonds is 4. The van der Waals surface area contributed by atoms with Crippen molar-refractivity contribution < 1.29 is 9.47 Å². The van der Waals surface area contributed by atoms with Gasteiger partial charge >= 0.3 is 0 Å². The summed E-state index contributed by atoms with van der Waals surface area (Å²) >= 11 is 0. The first-order valence-electron chi connectivity index (χ1n) is 11.6. The molecule has 4 heterocycles. The maximum Gasteiger partial charge on any atom is 0.236 e. The number of nitrogens with two attached hydrogens (primary N) is 1. The topological polar surface area (TPSA) is 102 Å². The second-order valence-corrected chi connectivity index (χ2v) is 8.50. The van der Waals surface area contributed by atoms with Crippen LogP contribution >= 0.6 is 0 Å². The molecule has 1 aliphatic rings. The summed E-state index contributed by atoms with van der Waals surface area (Å²) in [5.41, 5.74) is 11.5. The molecule has 0 aliphatic carbocycles. The van der Waals surface area contributed by atoms with Crippen LogP contribution in [-0.2, 0) is 0 Å². The molecule has 1 aliphatic heterocycles. The van der Waals surface area contributed by atoms with Gasteiger partial charge in [-0.15, -0.1) is 0 Å². The summed E-state index contributed by atoms with van der Waals surface area (Å²) in [5, 5.41) is 9.09. The minimum Gasteiger partial charge on any atom is -0.494 e. The number of fused-ring (bicyclic) bond motifs is 1. The van der Waals surface area contributed by atoms with Gasteiger partial charge in [0.1, 0.15) is 11.3 Å². The number of pyridine rings is 2. The fourth-order valence-electron chi connectivity index (χ4n) is 4.28. The number of nitrogens with zero attached hydrogens (tertiary/aromatic N) is 5. The summed E-state index contributed by atoms with van der Waals surface area (Å²) in [6.45, 7) is 2.64. The van der Waals surface area contributed by atoms with Crippen LogP contribution in [0.4, 0.5) is 5.69 Å². The molecule has 0 saturated carbocycles. The van der Waals surface area contributed by atoms with Crippen LogP contribution < -0.4 is 15.2 Å². The SMILES string of the molecule is CN1CCCCC1.COc1ncc(-c2c(-c3ccc(C#N)cc3)cc(OC)c3cncn23)cc1N. The zero-order chi connectivity index (χ0) is 24.8. The number of aromatic nitrogens is 3. The third-order valence-electron chi connectivity index (χ3n) is 6.13. The molecule has 0 spiro atoms. The van der Waals surface area contributed by atoms with E-state index in [-0.39, 0.29) is 0 Å². The maximum absolute atomic E-state index is 9.09. The largest absolute Gasteiger partial charge is 0.494 e. The molecule has 5 rings (SSSR count). The van der Waals surface area contributed by atoms with Crippen molar-refractivity contribution in [3.8, 4) is 40.1 Å². The molecule has 35 heavy (non-hydrogen) atoms. The van der Waals surface area contributed by atoms with Crippen molar-refractivity contribution in [2.75, 3.05) is 40.1 Å². The van der Waals surface area contributed by atoms with Crippen molar-refractivity contribution >= 4 is 11.2 Å². The van der Waals surface area contributed by atoms with E-state index in [2.05, 4.69) is 28.0 Å². The van der Waals surface area contributed by atoms with Gasteiger partial charge in [0, 0.05) is 17.3 Å². The Kier molecular flexibility index (Phi) is 7.48. The predicted molar refractivity (Wildman–Crippen MR) is 137 cm³/mol. The standard InChI is InChI=1S/C21H17N5O2.C6H13N/c1-27-19-8-16(14-5-3-13(9-22)4-6-14)20(26-12-24-11-18(19)26)15-7-17(23)21(28-2)25-10-15;1-7-5-3-2-4-6-7/h3-8,10-12H,23H2,1-2H3;2-6H2,1H3. The van der Waals surface area contributed by atoms with Crippen molar-refractivity contribution in [2.45, 2.75) is 19.3 Å². The van der Waals surface area contributed by atoms with Crippen molar-refractivity contribution in [1.82, 2.24) is 19.3 Å². The molecule has 0 atom stereocenters. The molecule has 0 bridgehead atoms. The number of hydrogen-bond acceptors (Lipinski definition) is 7. The number of piperidine rings is 1. The molecule has 0 amide bonds. The normalized spacial score (nSPS) is 13.5.